The molecule has 2 aromatic rings. The van der Waals surface area contributed by atoms with Crippen LogP contribution < -0.4 is 5.32 Å². The molecule has 7 heteroatoms. The third-order valence-corrected chi connectivity index (χ3v) is 3.24. The maximum Gasteiger partial charge on any atom is 0.255 e. The molecule has 1 amide bonds. The molecule has 0 fully saturated rings. The normalized spacial score (nSPS) is 11.1. The fourth-order valence-electron chi connectivity index (χ4n) is 2.19. The van der Waals surface area contributed by atoms with Crippen LogP contribution in [0, 0.1) is 17.6 Å². The van der Waals surface area contributed by atoms with Gasteiger partial charge in [0.25, 0.3) is 5.91 Å². The molecule has 0 unspecified atom stereocenters. The lowest BCUT2D eigenvalue weighted by Gasteiger charge is -2.08. The number of aromatic nitrogens is 2. The highest BCUT2D eigenvalue weighted by molar-refractivity contribution is 5.99. The number of rotatable bonds is 7. The number of hydrogen-bond donors (Lipinski definition) is 1. The third-order valence-electron chi connectivity index (χ3n) is 3.24. The van der Waals surface area contributed by atoms with Gasteiger partial charge in [-0.25, -0.2) is 8.78 Å². The molecule has 0 saturated heterocycles. The van der Waals surface area contributed by atoms with Gasteiger partial charge in [0.15, 0.2) is 0 Å². The van der Waals surface area contributed by atoms with E-state index in [-0.39, 0.29) is 22.7 Å². The van der Waals surface area contributed by atoms with Gasteiger partial charge in [-0.1, -0.05) is 13.8 Å². The van der Waals surface area contributed by atoms with Crippen LogP contribution in [0.1, 0.15) is 24.2 Å². The highest BCUT2D eigenvalue weighted by Crippen LogP contribution is 2.25. The topological polar surface area (TPSA) is 56.1 Å². The molecule has 24 heavy (non-hydrogen) atoms. The van der Waals surface area contributed by atoms with Gasteiger partial charge in [-0.2, -0.15) is 5.10 Å². The van der Waals surface area contributed by atoms with E-state index in [0.29, 0.717) is 25.7 Å². The largest absolute Gasteiger partial charge is 0.379 e. The van der Waals surface area contributed by atoms with Crippen LogP contribution in [0.15, 0.2) is 24.4 Å². The average molecular weight is 337 g/mol. The standard InChI is InChI=1S/C17H21F2N3O2/c1-11(2)10-24-7-6-20-17(23)14-9-22(3)21-16(14)13-5-4-12(18)8-15(13)19/h4-5,8-9,11H,6-7,10H2,1-3H3,(H,20,23). The van der Waals surface area contributed by atoms with Gasteiger partial charge in [-0.05, 0) is 18.1 Å². The van der Waals surface area contributed by atoms with Gasteiger partial charge >= 0.3 is 0 Å². The summed E-state index contributed by atoms with van der Waals surface area (Å²) in [6.45, 7) is 5.43. The molecule has 0 aliphatic carbocycles. The van der Waals surface area contributed by atoms with E-state index in [1.807, 2.05) is 13.8 Å². The number of benzene rings is 1. The number of hydrogen-bond acceptors (Lipinski definition) is 3. The summed E-state index contributed by atoms with van der Waals surface area (Å²) in [5, 5.41) is 6.84. The fraction of sp³-hybridized carbons (Fsp3) is 0.412. The summed E-state index contributed by atoms with van der Waals surface area (Å²) in [7, 11) is 1.63. The summed E-state index contributed by atoms with van der Waals surface area (Å²) < 4.78 is 33.9. The zero-order chi connectivity index (χ0) is 17.7. The van der Waals surface area contributed by atoms with Crippen molar-refractivity contribution in [3.8, 4) is 11.3 Å². The number of nitrogens with zero attached hydrogens (tertiary/aromatic N) is 2. The molecule has 0 aliphatic rings. The Labute approximate surface area is 139 Å². The molecule has 0 saturated carbocycles. The Kier molecular flexibility index (Phi) is 6.03. The number of halogens is 2. The van der Waals surface area contributed by atoms with Crippen LogP contribution in [-0.2, 0) is 11.8 Å². The smallest absolute Gasteiger partial charge is 0.255 e. The lowest BCUT2D eigenvalue weighted by molar-refractivity contribution is 0.0886. The molecule has 0 spiro atoms. The summed E-state index contributed by atoms with van der Waals surface area (Å²) in [6.07, 6.45) is 1.50. The summed E-state index contributed by atoms with van der Waals surface area (Å²) in [4.78, 5) is 12.3. The van der Waals surface area contributed by atoms with Crippen LogP contribution >= 0.6 is 0 Å². The first-order valence-electron chi connectivity index (χ1n) is 7.73. The maximum atomic E-state index is 14.0. The van der Waals surface area contributed by atoms with Crippen molar-refractivity contribution >= 4 is 5.91 Å². The number of aryl methyl sites for hydroxylation is 1. The number of carbonyl (C=O) groups excluding carboxylic acids is 1. The minimum Gasteiger partial charge on any atom is -0.379 e. The monoisotopic (exact) mass is 337 g/mol. The highest BCUT2D eigenvalue weighted by atomic mass is 19.1. The third kappa shape index (κ3) is 4.61. The minimum absolute atomic E-state index is 0.0817. The van der Waals surface area contributed by atoms with E-state index in [2.05, 4.69) is 10.4 Å². The molecule has 130 valence electrons. The van der Waals surface area contributed by atoms with Gasteiger partial charge in [0.2, 0.25) is 0 Å². The second-order valence-electron chi connectivity index (χ2n) is 5.91. The van der Waals surface area contributed by atoms with Crippen LogP contribution in [0.5, 0.6) is 0 Å². The summed E-state index contributed by atoms with van der Waals surface area (Å²) >= 11 is 0. The molecule has 1 aromatic carbocycles. The van der Waals surface area contributed by atoms with Gasteiger partial charge in [0, 0.05) is 38.0 Å². The molecule has 0 bridgehead atoms. The molecule has 2 rings (SSSR count). The average Bonchev–Trinajstić information content (AvgIpc) is 2.88. The molecular weight excluding hydrogens is 316 g/mol. The van der Waals surface area contributed by atoms with Gasteiger partial charge in [0.1, 0.15) is 17.3 Å². The van der Waals surface area contributed by atoms with Gasteiger partial charge < -0.3 is 10.1 Å². The highest BCUT2D eigenvalue weighted by Gasteiger charge is 2.19. The predicted molar refractivity (Wildman–Crippen MR) is 86.6 cm³/mol. The zero-order valence-electron chi connectivity index (χ0n) is 14.0. The van der Waals surface area contributed by atoms with E-state index in [4.69, 9.17) is 4.74 Å². The molecule has 0 aliphatic heterocycles. The van der Waals surface area contributed by atoms with E-state index < -0.39 is 11.6 Å². The molecular formula is C17H21F2N3O2. The Hall–Kier alpha value is -2.28. The Morgan fingerprint density at radius 1 is 1.38 bits per heavy atom. The molecule has 0 radical (unpaired) electrons. The lowest BCUT2D eigenvalue weighted by Crippen LogP contribution is -2.27. The number of nitrogens with one attached hydrogen (secondary N) is 1. The SMILES string of the molecule is CC(C)COCCNC(=O)c1cn(C)nc1-c1ccc(F)cc1F. The van der Waals surface area contributed by atoms with E-state index in [9.17, 15) is 13.6 Å². The Bertz CT molecular complexity index is 714. The predicted octanol–water partition coefficient (Wildman–Crippen LogP) is 2.77. The molecule has 5 nitrogen and oxygen atoms in total. The van der Waals surface area contributed by atoms with E-state index in [1.165, 1.54) is 16.9 Å². The minimum atomic E-state index is -0.761. The maximum absolute atomic E-state index is 14.0. The van der Waals surface area contributed by atoms with Crippen molar-refractivity contribution < 1.29 is 18.3 Å². The van der Waals surface area contributed by atoms with Crippen molar-refractivity contribution in [3.05, 3.63) is 41.6 Å². The second-order valence-corrected chi connectivity index (χ2v) is 5.91. The van der Waals surface area contributed by atoms with Gasteiger partial charge in [-0.15, -0.1) is 0 Å². The molecule has 1 N–H and O–H groups in total. The zero-order valence-corrected chi connectivity index (χ0v) is 14.0. The van der Waals surface area contributed by atoms with Crippen molar-refractivity contribution in [3.63, 3.8) is 0 Å². The lowest BCUT2D eigenvalue weighted by atomic mass is 10.1. The number of ether oxygens (including phenoxy) is 1. The first-order valence-corrected chi connectivity index (χ1v) is 7.73. The van der Waals surface area contributed by atoms with E-state index in [1.54, 1.807) is 7.05 Å². The fourth-order valence-corrected chi connectivity index (χ4v) is 2.19. The van der Waals surface area contributed by atoms with Crippen molar-refractivity contribution in [1.29, 1.82) is 0 Å². The summed E-state index contributed by atoms with van der Waals surface area (Å²) in [5.41, 5.74) is 0.487. The van der Waals surface area contributed by atoms with Crippen molar-refractivity contribution in [2.75, 3.05) is 19.8 Å². The van der Waals surface area contributed by atoms with E-state index >= 15 is 0 Å². The van der Waals surface area contributed by atoms with Crippen LogP contribution in [0.2, 0.25) is 0 Å². The van der Waals surface area contributed by atoms with Crippen LogP contribution in [0.3, 0.4) is 0 Å². The van der Waals surface area contributed by atoms with E-state index in [0.717, 1.165) is 12.1 Å². The van der Waals surface area contributed by atoms with Crippen LogP contribution in [0.4, 0.5) is 8.78 Å². The summed E-state index contributed by atoms with van der Waals surface area (Å²) in [6, 6.07) is 3.18. The quantitative estimate of drug-likeness (QED) is 0.791. The first-order chi connectivity index (χ1) is 11.4. The van der Waals surface area contributed by atoms with Crippen molar-refractivity contribution in [1.82, 2.24) is 15.1 Å². The Morgan fingerprint density at radius 2 is 2.12 bits per heavy atom. The number of amides is 1. The van der Waals surface area contributed by atoms with Gasteiger partial charge in [-0.3, -0.25) is 9.48 Å². The number of carbonyl (C=O) groups is 1. The second kappa shape index (κ2) is 8.01. The molecule has 0 atom stereocenters. The Balaban J connectivity index is 2.09. The summed E-state index contributed by atoms with van der Waals surface area (Å²) in [5.74, 6) is -1.40. The first kappa shape index (κ1) is 18.1. The van der Waals surface area contributed by atoms with Crippen LogP contribution in [0.25, 0.3) is 11.3 Å². The van der Waals surface area contributed by atoms with Crippen molar-refractivity contribution in [2.45, 2.75) is 13.8 Å². The Morgan fingerprint density at radius 3 is 2.79 bits per heavy atom. The van der Waals surface area contributed by atoms with Gasteiger partial charge in [0.05, 0.1) is 12.2 Å². The van der Waals surface area contributed by atoms with Crippen molar-refractivity contribution in [2.24, 2.45) is 13.0 Å². The molecule has 1 aromatic heterocycles. The van der Waals surface area contributed by atoms with Crippen LogP contribution in [-0.4, -0.2) is 35.4 Å². The molecule has 1 heterocycles.